The molecule has 0 heterocycles. The lowest BCUT2D eigenvalue weighted by Crippen LogP contribution is -1.99. The van der Waals surface area contributed by atoms with Gasteiger partial charge in [-0.2, -0.15) is 0 Å². The first kappa shape index (κ1) is 27.5. The number of benzene rings is 3. The summed E-state index contributed by atoms with van der Waals surface area (Å²) in [4.78, 5) is 22.3. The van der Waals surface area contributed by atoms with Crippen LogP contribution >= 0.6 is 0 Å². The number of hydrogen-bond donors (Lipinski definition) is 0. The van der Waals surface area contributed by atoms with Crippen molar-refractivity contribution in [3.05, 3.63) is 122 Å². The monoisotopic (exact) mass is 522 g/mol. The Hall–Kier alpha value is -5.05. The van der Waals surface area contributed by atoms with Gasteiger partial charge in [0, 0.05) is 28.8 Å². The average Bonchev–Trinajstić information content (AvgIpc) is 2.89. The zero-order valence-electron chi connectivity index (χ0n) is 20.1. The molecule has 6 nitrogen and oxygen atoms in total. The van der Waals surface area contributed by atoms with Crippen molar-refractivity contribution in [3.8, 4) is 33.8 Å². The fourth-order valence-electron chi connectivity index (χ4n) is 3.02. The van der Waals surface area contributed by atoms with Gasteiger partial charge in [0.25, 0.3) is 0 Å². The number of halogens is 3. The summed E-state index contributed by atoms with van der Waals surface area (Å²) in [6, 6.07) is 11.8. The minimum absolute atomic E-state index is 0.0875. The summed E-state index contributed by atoms with van der Waals surface area (Å²) in [7, 11) is 0. The zero-order chi connectivity index (χ0) is 27.7. The quantitative estimate of drug-likeness (QED) is 0.162. The topological polar surface area (TPSA) is 71.1 Å². The second kappa shape index (κ2) is 12.8. The van der Waals surface area contributed by atoms with E-state index in [2.05, 4.69) is 17.9 Å². The molecule has 38 heavy (non-hydrogen) atoms. The van der Waals surface area contributed by atoms with Crippen LogP contribution in [-0.4, -0.2) is 11.9 Å². The number of ether oxygens (including phenoxy) is 4. The van der Waals surface area contributed by atoms with E-state index in [-0.39, 0.29) is 39.3 Å². The normalized spacial score (nSPS) is 10.8. The number of carbonyl (C=O) groups is 2. The number of carbonyl (C=O) groups excluding carboxylic acids is 2. The van der Waals surface area contributed by atoms with Crippen molar-refractivity contribution < 1.29 is 41.7 Å². The van der Waals surface area contributed by atoms with Crippen LogP contribution in [0.3, 0.4) is 0 Å². The number of rotatable bonds is 10. The van der Waals surface area contributed by atoms with Gasteiger partial charge in [0.2, 0.25) is 0 Å². The molecule has 3 aromatic rings. The maximum absolute atomic E-state index is 14.9. The predicted octanol–water partition coefficient (Wildman–Crippen LogP) is 6.99. The van der Waals surface area contributed by atoms with Crippen molar-refractivity contribution in [2.24, 2.45) is 0 Å². The minimum Gasteiger partial charge on any atom is -0.462 e. The van der Waals surface area contributed by atoms with Gasteiger partial charge in [-0.3, -0.25) is 0 Å². The number of esters is 2. The molecule has 0 bridgehead atoms. The first-order chi connectivity index (χ1) is 18.2. The van der Waals surface area contributed by atoms with Crippen LogP contribution in [0.15, 0.2) is 104 Å². The molecule has 0 aliphatic rings. The van der Waals surface area contributed by atoms with Crippen LogP contribution < -0.4 is 9.47 Å². The second-order valence-electron chi connectivity index (χ2n) is 7.59. The van der Waals surface area contributed by atoms with Crippen molar-refractivity contribution in [2.75, 3.05) is 0 Å². The summed E-state index contributed by atoms with van der Waals surface area (Å²) in [6.45, 7) is 8.15. The molecular weight excluding hydrogens is 501 g/mol. The molecule has 0 N–H and O–H groups in total. The third kappa shape index (κ3) is 7.23. The Balaban J connectivity index is 1.71. The molecule has 0 fully saturated rings. The van der Waals surface area contributed by atoms with Crippen molar-refractivity contribution in [1.82, 2.24) is 0 Å². The van der Waals surface area contributed by atoms with Gasteiger partial charge < -0.3 is 18.9 Å². The first-order valence-electron chi connectivity index (χ1n) is 10.9. The van der Waals surface area contributed by atoms with E-state index < -0.39 is 29.4 Å². The van der Waals surface area contributed by atoms with Crippen molar-refractivity contribution in [3.63, 3.8) is 0 Å². The fourth-order valence-corrected chi connectivity index (χ4v) is 3.02. The molecule has 0 unspecified atom stereocenters. The van der Waals surface area contributed by atoms with Crippen molar-refractivity contribution in [2.45, 2.75) is 6.92 Å². The van der Waals surface area contributed by atoms with Gasteiger partial charge >= 0.3 is 11.9 Å². The summed E-state index contributed by atoms with van der Waals surface area (Å²) >= 11 is 0. The minimum atomic E-state index is -0.782. The van der Waals surface area contributed by atoms with E-state index in [4.69, 9.17) is 14.2 Å². The molecule has 0 atom stereocenters. The van der Waals surface area contributed by atoms with E-state index in [1.165, 1.54) is 43.3 Å². The molecule has 0 radical (unpaired) electrons. The van der Waals surface area contributed by atoms with Crippen LogP contribution in [0.2, 0.25) is 0 Å². The standard InChI is InChI=1S/C29H21F3O6/c1-4-28(33)37-13-12-36-27-10-6-20(16-26(27)32)22-8-5-19(15-24(22)30)23-9-7-21(17-25(23)31)35-11-14-38-29(34)18(2)3/h4-17H,1-2H2,3H3. The largest absolute Gasteiger partial charge is 0.462 e. The van der Waals surface area contributed by atoms with E-state index in [0.717, 1.165) is 49.3 Å². The Morgan fingerprint density at radius 3 is 1.92 bits per heavy atom. The summed E-state index contributed by atoms with van der Waals surface area (Å²) in [5.74, 6) is -3.56. The van der Waals surface area contributed by atoms with Gasteiger partial charge in [-0.15, -0.1) is 0 Å². The Kier molecular flexibility index (Phi) is 9.26. The third-order valence-corrected chi connectivity index (χ3v) is 4.85. The van der Waals surface area contributed by atoms with Crippen LogP contribution in [0, 0.1) is 17.5 Å². The lowest BCUT2D eigenvalue weighted by molar-refractivity contribution is -0.134. The van der Waals surface area contributed by atoms with E-state index in [1.807, 2.05) is 0 Å². The summed E-state index contributed by atoms with van der Waals surface area (Å²) in [5, 5.41) is 0. The molecule has 9 heteroatoms. The van der Waals surface area contributed by atoms with Gasteiger partial charge in [-0.1, -0.05) is 31.4 Å². The molecule has 0 aliphatic heterocycles. The van der Waals surface area contributed by atoms with Crippen LogP contribution in [0.5, 0.6) is 11.5 Å². The first-order valence-corrected chi connectivity index (χ1v) is 10.9. The highest BCUT2D eigenvalue weighted by molar-refractivity contribution is 5.87. The molecule has 0 saturated heterocycles. The highest BCUT2D eigenvalue weighted by Gasteiger charge is 2.13. The molecule has 0 amide bonds. The molecule has 0 spiro atoms. The van der Waals surface area contributed by atoms with E-state index >= 15 is 0 Å². The summed E-state index contributed by atoms with van der Waals surface area (Å²) < 4.78 is 63.6. The van der Waals surface area contributed by atoms with Crippen LogP contribution in [0.25, 0.3) is 22.3 Å². The van der Waals surface area contributed by atoms with Gasteiger partial charge in [-0.05, 0) is 48.4 Å². The van der Waals surface area contributed by atoms with Crippen LogP contribution in [-0.2, 0) is 19.1 Å². The van der Waals surface area contributed by atoms with E-state index in [0.29, 0.717) is 0 Å². The van der Waals surface area contributed by atoms with Gasteiger partial charge in [0.05, 0.1) is 0 Å². The van der Waals surface area contributed by atoms with Crippen LogP contribution in [0.4, 0.5) is 13.2 Å². The molecular formula is C29H21F3O6. The lowest BCUT2D eigenvalue weighted by Gasteiger charge is -2.10. The highest BCUT2D eigenvalue weighted by Crippen LogP contribution is 2.32. The number of hydrogen-bond acceptors (Lipinski definition) is 6. The van der Waals surface area contributed by atoms with Gasteiger partial charge in [0.1, 0.15) is 42.4 Å². The summed E-state index contributed by atoms with van der Waals surface area (Å²) in [5.41, 5.74) is 0.881. The Labute approximate surface area is 216 Å². The fraction of sp³-hybridized carbons (Fsp3) is 0.0345. The predicted molar refractivity (Wildman–Crippen MR) is 134 cm³/mol. The van der Waals surface area contributed by atoms with E-state index in [1.54, 1.807) is 0 Å². The molecule has 0 aliphatic carbocycles. The summed E-state index contributed by atoms with van der Waals surface area (Å²) in [6.07, 6.45) is 4.90. The van der Waals surface area contributed by atoms with Crippen LogP contribution in [0.1, 0.15) is 6.92 Å². The average molecular weight is 522 g/mol. The van der Waals surface area contributed by atoms with Gasteiger partial charge in [0.15, 0.2) is 11.6 Å². The highest BCUT2D eigenvalue weighted by atomic mass is 19.1. The van der Waals surface area contributed by atoms with Gasteiger partial charge in [-0.25, -0.2) is 22.8 Å². The zero-order valence-corrected chi connectivity index (χ0v) is 20.1. The van der Waals surface area contributed by atoms with Crippen molar-refractivity contribution >= 4 is 11.9 Å². The molecule has 194 valence electrons. The Morgan fingerprint density at radius 2 is 1.32 bits per heavy atom. The third-order valence-electron chi connectivity index (χ3n) is 4.85. The maximum Gasteiger partial charge on any atom is 0.338 e. The molecule has 3 rings (SSSR count). The maximum atomic E-state index is 14.9. The molecule has 0 saturated carbocycles. The molecule has 0 aromatic heterocycles. The second-order valence-corrected chi connectivity index (χ2v) is 7.59. The Morgan fingerprint density at radius 1 is 0.737 bits per heavy atom. The van der Waals surface area contributed by atoms with E-state index in [9.17, 15) is 22.8 Å². The van der Waals surface area contributed by atoms with Crippen molar-refractivity contribution in [1.29, 1.82) is 0 Å². The Bertz CT molecular complexity index is 1440. The SMILES string of the molecule is C=CC(=O)OC=COc1ccc(-c2ccc(-c3ccc(OC=COC(=O)C(=C)C)cc3F)cc2F)cc1F. The smallest absolute Gasteiger partial charge is 0.338 e. The lowest BCUT2D eigenvalue weighted by atomic mass is 9.99. The molecule has 3 aromatic carbocycles.